The van der Waals surface area contributed by atoms with Gasteiger partial charge in [0.05, 0.1) is 0 Å². The Hall–Kier alpha value is -0.920. The molecule has 2 bridgehead atoms. The molecule has 2 saturated carbocycles. The third-order valence-electron chi connectivity index (χ3n) is 10.7. The summed E-state index contributed by atoms with van der Waals surface area (Å²) in [6, 6.07) is 13.1. The first kappa shape index (κ1) is 34.9. The first-order valence-electron chi connectivity index (χ1n) is 16.2. The van der Waals surface area contributed by atoms with E-state index in [1.54, 1.807) is 0 Å². The molecule has 4 rings (SSSR count). The summed E-state index contributed by atoms with van der Waals surface area (Å²) in [7, 11) is -3.87. The monoisotopic (exact) mass is 722 g/mol. The Labute approximate surface area is 272 Å². The van der Waals surface area contributed by atoms with Gasteiger partial charge in [0.1, 0.15) is 0 Å². The Morgan fingerprint density at radius 1 is 0.698 bits per heavy atom. The molecule has 0 aromatic heterocycles. The molecule has 2 aromatic rings. The van der Waals surface area contributed by atoms with Crippen molar-refractivity contribution in [3.05, 3.63) is 65.8 Å². The quantitative estimate of drug-likeness (QED) is 0.289. The van der Waals surface area contributed by atoms with Crippen LogP contribution in [0.2, 0.25) is 0 Å². The molecule has 5 heteroatoms. The molecule has 2 aliphatic carbocycles. The Morgan fingerprint density at radius 3 is 1.42 bits per heavy atom. The predicted molar refractivity (Wildman–Crippen MR) is 192 cm³/mol. The molecule has 3 atom stereocenters. The molecule has 0 N–H and O–H groups in total. The number of halogens is 1. The van der Waals surface area contributed by atoms with Crippen molar-refractivity contribution >= 4 is 30.4 Å². The Balaban J connectivity index is 2.06. The Kier molecular flexibility index (Phi) is 8.80. The van der Waals surface area contributed by atoms with Gasteiger partial charge in [-0.2, -0.15) is 0 Å². The van der Waals surface area contributed by atoms with Crippen LogP contribution in [0.4, 0.5) is 0 Å². The van der Waals surface area contributed by atoms with Crippen LogP contribution in [0.1, 0.15) is 145 Å². The molecular weight excluding hydrogens is 663 g/mol. The van der Waals surface area contributed by atoms with Crippen LogP contribution in [0.15, 0.2) is 36.4 Å². The third-order valence-corrected chi connectivity index (χ3v) is 18.9. The molecule has 242 valence electrons. The number of rotatable bonds is 5. The third kappa shape index (κ3) is 6.14. The SMILES string of the molecule is CC(C)(C)c1cccc(I(OS(=O)(=O)C2CC3CCC2(C)C3(C)C)c2cccc(C(C)(C)C)c2C(C)(C)C)c1C(C)(C)C. The zero-order valence-electron chi connectivity index (χ0n) is 29.8. The second kappa shape index (κ2) is 10.8. The van der Waals surface area contributed by atoms with Gasteiger partial charge >= 0.3 is 274 Å². The van der Waals surface area contributed by atoms with Crippen LogP contribution < -0.4 is 0 Å². The van der Waals surface area contributed by atoms with Crippen molar-refractivity contribution in [1.29, 1.82) is 0 Å². The van der Waals surface area contributed by atoms with Gasteiger partial charge in [-0.1, -0.05) is 0 Å². The summed E-state index contributed by atoms with van der Waals surface area (Å²) in [5.74, 6) is 0.423. The van der Waals surface area contributed by atoms with E-state index in [1.165, 1.54) is 22.3 Å². The van der Waals surface area contributed by atoms with E-state index in [4.69, 9.17) is 2.51 Å². The average Bonchev–Trinajstić information content (AvgIpc) is 3.18. The van der Waals surface area contributed by atoms with Gasteiger partial charge in [-0.05, 0) is 0 Å². The Morgan fingerprint density at radius 2 is 1.12 bits per heavy atom. The maximum atomic E-state index is 14.8. The summed E-state index contributed by atoms with van der Waals surface area (Å²) in [4.78, 5) is 0. The topological polar surface area (TPSA) is 43.4 Å². The van der Waals surface area contributed by atoms with Gasteiger partial charge in [-0.3, -0.25) is 0 Å². The van der Waals surface area contributed by atoms with Crippen molar-refractivity contribution in [1.82, 2.24) is 0 Å². The molecule has 43 heavy (non-hydrogen) atoms. The molecule has 0 radical (unpaired) electrons. The normalized spacial score (nSPS) is 24.9. The fraction of sp³-hybridized carbons (Fsp3) is 0.684. The molecule has 0 amide bonds. The summed E-state index contributed by atoms with van der Waals surface area (Å²) in [6.07, 6.45) is 2.77. The predicted octanol–water partition coefficient (Wildman–Crippen LogP) is 10.9. The second-order valence-electron chi connectivity index (χ2n) is 18.2. The number of fused-ring (bicyclic) bond motifs is 2. The van der Waals surface area contributed by atoms with Gasteiger partial charge in [0.25, 0.3) is 0 Å². The van der Waals surface area contributed by atoms with E-state index in [9.17, 15) is 8.42 Å². The molecule has 2 aromatic carbocycles. The molecule has 3 unspecified atom stereocenters. The number of hydrogen-bond acceptors (Lipinski definition) is 3. The summed E-state index contributed by atoms with van der Waals surface area (Å²) in [5.41, 5.74) is 4.20. The zero-order valence-corrected chi connectivity index (χ0v) is 32.7. The molecule has 0 spiro atoms. The van der Waals surface area contributed by atoms with Gasteiger partial charge < -0.3 is 0 Å². The van der Waals surface area contributed by atoms with E-state index in [1.807, 2.05) is 0 Å². The van der Waals surface area contributed by atoms with Gasteiger partial charge in [0.15, 0.2) is 0 Å². The summed E-state index contributed by atoms with van der Waals surface area (Å²) >= 11 is -3.06. The van der Waals surface area contributed by atoms with Crippen molar-refractivity contribution < 1.29 is 10.9 Å². The molecular formula is C38H59IO3S. The average molecular weight is 723 g/mol. The maximum absolute atomic E-state index is 14.8. The van der Waals surface area contributed by atoms with Crippen LogP contribution in [0.5, 0.6) is 0 Å². The van der Waals surface area contributed by atoms with E-state index in [-0.39, 0.29) is 32.5 Å². The van der Waals surface area contributed by atoms with E-state index in [0.29, 0.717) is 12.3 Å². The fourth-order valence-corrected chi connectivity index (χ4v) is 18.2. The van der Waals surface area contributed by atoms with Crippen molar-refractivity contribution in [3.8, 4) is 0 Å². The van der Waals surface area contributed by atoms with Crippen molar-refractivity contribution in [2.75, 3.05) is 0 Å². The second-order valence-corrected chi connectivity index (χ2v) is 24.7. The number of benzene rings is 2. The standard InChI is InChI=1S/C38H59IO3S/c1-33(2,3)26-18-16-20-28(31(26)35(7,8)9)39(29-21-17-19-27(34(4,5)6)32(29)36(10,11)12)42-43(40,41)30-24-25-22-23-38(30,15)37(25,13)14/h16-21,25,30H,22-24H2,1-15H3. The van der Waals surface area contributed by atoms with E-state index in [0.717, 1.165) is 20.0 Å². The molecule has 0 aliphatic heterocycles. The van der Waals surface area contributed by atoms with Gasteiger partial charge in [0.2, 0.25) is 0 Å². The van der Waals surface area contributed by atoms with Crippen LogP contribution >= 0.6 is 20.2 Å². The molecule has 2 fully saturated rings. The molecule has 0 saturated heterocycles. The van der Waals surface area contributed by atoms with Crippen LogP contribution in [0.3, 0.4) is 0 Å². The van der Waals surface area contributed by atoms with E-state index < -0.39 is 35.6 Å². The van der Waals surface area contributed by atoms with Crippen LogP contribution in [-0.4, -0.2) is 13.7 Å². The molecule has 2 aliphatic rings. The van der Waals surface area contributed by atoms with Crippen molar-refractivity contribution in [3.63, 3.8) is 0 Å². The van der Waals surface area contributed by atoms with Crippen molar-refractivity contribution in [2.24, 2.45) is 16.7 Å². The van der Waals surface area contributed by atoms with Gasteiger partial charge in [0, 0.05) is 0 Å². The van der Waals surface area contributed by atoms with E-state index >= 15 is 0 Å². The Bertz CT molecular complexity index is 1400. The summed E-state index contributed by atoms with van der Waals surface area (Å²) in [6.45, 7) is 33.9. The molecule has 0 heterocycles. The zero-order chi connectivity index (χ0) is 32.8. The minimum atomic E-state index is -3.87. The first-order chi connectivity index (χ1) is 19.2. The summed E-state index contributed by atoms with van der Waals surface area (Å²) < 4.78 is 38.7. The van der Waals surface area contributed by atoms with E-state index in [2.05, 4.69) is 140 Å². The van der Waals surface area contributed by atoms with Gasteiger partial charge in [-0.25, -0.2) is 0 Å². The van der Waals surface area contributed by atoms with Crippen LogP contribution in [0.25, 0.3) is 0 Å². The van der Waals surface area contributed by atoms with Crippen molar-refractivity contribution in [2.45, 2.75) is 150 Å². The molecule has 3 nitrogen and oxygen atoms in total. The van der Waals surface area contributed by atoms with Gasteiger partial charge in [-0.15, -0.1) is 0 Å². The number of hydrogen-bond donors (Lipinski definition) is 0. The summed E-state index contributed by atoms with van der Waals surface area (Å²) in [5, 5.41) is -0.471. The minimum absolute atomic E-state index is 0.0153. The fourth-order valence-electron chi connectivity index (χ4n) is 7.98. The van der Waals surface area contributed by atoms with Crippen LogP contribution in [0, 0.1) is 23.9 Å². The first-order valence-corrected chi connectivity index (χ1v) is 20.7. The van der Waals surface area contributed by atoms with Crippen LogP contribution in [-0.2, 0) is 34.3 Å².